The molecule has 0 radical (unpaired) electrons. The van der Waals surface area contributed by atoms with Gasteiger partial charge in [-0.1, -0.05) is 24.3 Å². The fraction of sp³-hybridized carbons (Fsp3) is 0.500. The summed E-state index contributed by atoms with van der Waals surface area (Å²) in [5, 5.41) is 1.23. The maximum atomic E-state index is 4.64. The largest absolute Gasteiger partial charge is 0.304 e. The van der Waals surface area contributed by atoms with Gasteiger partial charge in [-0.2, -0.15) is 0 Å². The summed E-state index contributed by atoms with van der Waals surface area (Å²) in [4.78, 5) is 10.7. The van der Waals surface area contributed by atoms with Crippen LogP contribution in [0.3, 0.4) is 0 Å². The normalized spacial score (nSPS) is 17.7. The first-order valence-electron chi connectivity index (χ1n) is 7.88. The van der Waals surface area contributed by atoms with E-state index in [1.54, 1.807) is 0 Å². The minimum Gasteiger partial charge on any atom is -0.304 e. The predicted octanol–water partition coefficient (Wildman–Crippen LogP) is 3.50. The molecule has 1 aliphatic rings. The fourth-order valence-electron chi connectivity index (χ4n) is 3.29. The van der Waals surface area contributed by atoms with E-state index in [1.165, 1.54) is 21.0 Å². The van der Waals surface area contributed by atoms with Crippen molar-refractivity contribution in [1.29, 1.82) is 0 Å². The van der Waals surface area contributed by atoms with Gasteiger partial charge < -0.3 is 4.90 Å². The number of thiazole rings is 1. The van der Waals surface area contributed by atoms with Gasteiger partial charge in [0, 0.05) is 29.7 Å². The Kier molecular flexibility index (Phi) is 4.35. The van der Waals surface area contributed by atoms with Crippen LogP contribution in [0, 0.1) is 0 Å². The summed E-state index contributed by atoms with van der Waals surface area (Å²) < 4.78 is 0. The van der Waals surface area contributed by atoms with Gasteiger partial charge in [0.25, 0.3) is 0 Å². The number of hydrogen-bond donors (Lipinski definition) is 0. The molecule has 0 aliphatic carbocycles. The quantitative estimate of drug-likeness (QED) is 0.861. The van der Waals surface area contributed by atoms with E-state index >= 15 is 0 Å². The molecule has 22 heavy (non-hydrogen) atoms. The number of hydrogen-bond acceptors (Lipinski definition) is 4. The van der Waals surface area contributed by atoms with E-state index in [0.29, 0.717) is 0 Å². The number of rotatable bonds is 4. The molecule has 0 atom stereocenters. The highest BCUT2D eigenvalue weighted by atomic mass is 32.1. The summed E-state index contributed by atoms with van der Waals surface area (Å²) in [5.41, 5.74) is 3.03. The maximum Gasteiger partial charge on any atom is 0.107 e. The Morgan fingerprint density at radius 1 is 1.27 bits per heavy atom. The molecule has 0 spiro atoms. The highest BCUT2D eigenvalue weighted by Crippen LogP contribution is 2.36. The third kappa shape index (κ3) is 3.09. The van der Waals surface area contributed by atoms with Crippen molar-refractivity contribution in [3.8, 4) is 0 Å². The van der Waals surface area contributed by atoms with Crippen molar-refractivity contribution in [2.24, 2.45) is 0 Å². The van der Waals surface area contributed by atoms with Crippen molar-refractivity contribution in [3.63, 3.8) is 0 Å². The van der Waals surface area contributed by atoms with Crippen LogP contribution in [0.5, 0.6) is 0 Å². The third-order valence-corrected chi connectivity index (χ3v) is 5.48. The van der Waals surface area contributed by atoms with Crippen molar-refractivity contribution < 1.29 is 0 Å². The van der Waals surface area contributed by atoms with Crippen molar-refractivity contribution in [1.82, 2.24) is 14.8 Å². The van der Waals surface area contributed by atoms with Gasteiger partial charge in [-0.15, -0.1) is 11.3 Å². The van der Waals surface area contributed by atoms with Gasteiger partial charge >= 0.3 is 0 Å². The zero-order valence-corrected chi connectivity index (χ0v) is 14.8. The number of aromatic nitrogens is 1. The molecule has 0 N–H and O–H groups in total. The summed E-state index contributed by atoms with van der Waals surface area (Å²) in [7, 11) is 4.20. The maximum absolute atomic E-state index is 4.64. The lowest BCUT2D eigenvalue weighted by molar-refractivity contribution is 0.0981. The summed E-state index contributed by atoms with van der Waals surface area (Å²) in [6, 6.07) is 8.86. The van der Waals surface area contributed by atoms with Crippen LogP contribution in [0.2, 0.25) is 0 Å². The first kappa shape index (κ1) is 15.7. The smallest absolute Gasteiger partial charge is 0.107 e. The van der Waals surface area contributed by atoms with Gasteiger partial charge in [0.15, 0.2) is 0 Å². The molecule has 3 rings (SSSR count). The Morgan fingerprint density at radius 3 is 2.82 bits per heavy atom. The molecule has 0 fully saturated rings. The van der Waals surface area contributed by atoms with Crippen LogP contribution in [0.15, 0.2) is 30.5 Å². The average molecular weight is 315 g/mol. The highest BCUT2D eigenvalue weighted by Gasteiger charge is 2.34. The van der Waals surface area contributed by atoms with Crippen molar-refractivity contribution >= 4 is 11.3 Å². The molecular weight excluding hydrogens is 290 g/mol. The molecular formula is C18H25N3S. The Balaban J connectivity index is 1.77. The van der Waals surface area contributed by atoms with Gasteiger partial charge in [-0.25, -0.2) is 4.98 Å². The van der Waals surface area contributed by atoms with Crippen LogP contribution < -0.4 is 0 Å². The second-order valence-corrected chi connectivity index (χ2v) is 8.05. The first-order chi connectivity index (χ1) is 10.5. The minimum atomic E-state index is 0.0717. The minimum absolute atomic E-state index is 0.0717. The average Bonchev–Trinajstić information content (AvgIpc) is 2.89. The molecule has 4 heteroatoms. The highest BCUT2D eigenvalue weighted by molar-refractivity contribution is 7.11. The van der Waals surface area contributed by atoms with E-state index in [0.717, 1.165) is 26.1 Å². The van der Waals surface area contributed by atoms with Gasteiger partial charge in [0.1, 0.15) is 5.01 Å². The van der Waals surface area contributed by atoms with Gasteiger partial charge in [-0.05, 0) is 45.5 Å². The van der Waals surface area contributed by atoms with E-state index in [2.05, 4.69) is 67.0 Å². The molecule has 1 aliphatic heterocycles. The molecule has 3 nitrogen and oxygen atoms in total. The van der Waals surface area contributed by atoms with Gasteiger partial charge in [0.05, 0.1) is 6.54 Å². The molecule has 0 bridgehead atoms. The summed E-state index contributed by atoms with van der Waals surface area (Å²) in [5.74, 6) is 0. The molecule has 2 aromatic rings. The Morgan fingerprint density at radius 2 is 2.05 bits per heavy atom. The van der Waals surface area contributed by atoms with E-state index in [1.807, 2.05) is 17.5 Å². The number of benzene rings is 1. The molecule has 1 aromatic heterocycles. The molecule has 2 heterocycles. The fourth-order valence-corrected chi connectivity index (χ4v) is 4.34. The van der Waals surface area contributed by atoms with Crippen LogP contribution in [0.1, 0.15) is 34.9 Å². The topological polar surface area (TPSA) is 19.4 Å². The molecule has 0 unspecified atom stereocenters. The predicted molar refractivity (Wildman–Crippen MR) is 93.1 cm³/mol. The third-order valence-electron chi connectivity index (χ3n) is 4.52. The lowest BCUT2D eigenvalue weighted by Gasteiger charge is -2.43. The number of fused-ring (bicyclic) bond motifs is 1. The Bertz CT molecular complexity index is 645. The molecule has 0 amide bonds. The van der Waals surface area contributed by atoms with Crippen molar-refractivity contribution in [3.05, 3.63) is 51.5 Å². The Hall–Kier alpha value is -1.23. The lowest BCUT2D eigenvalue weighted by Crippen LogP contribution is -2.46. The van der Waals surface area contributed by atoms with Crippen molar-refractivity contribution in [2.45, 2.75) is 38.9 Å². The van der Waals surface area contributed by atoms with E-state index in [4.69, 9.17) is 0 Å². The lowest BCUT2D eigenvalue weighted by atomic mass is 9.83. The van der Waals surface area contributed by atoms with Crippen LogP contribution in [0.25, 0.3) is 0 Å². The summed E-state index contributed by atoms with van der Waals surface area (Å²) >= 11 is 1.84. The molecule has 118 valence electrons. The number of nitrogens with zero attached hydrogens (tertiary/aromatic N) is 3. The molecule has 0 saturated carbocycles. The zero-order valence-electron chi connectivity index (χ0n) is 14.0. The van der Waals surface area contributed by atoms with Crippen LogP contribution in [-0.4, -0.2) is 35.4 Å². The van der Waals surface area contributed by atoms with Gasteiger partial charge in [0.2, 0.25) is 0 Å². The van der Waals surface area contributed by atoms with E-state index < -0.39 is 0 Å². The first-order valence-corrected chi connectivity index (χ1v) is 8.70. The second kappa shape index (κ2) is 6.11. The summed E-state index contributed by atoms with van der Waals surface area (Å²) in [6.45, 7) is 7.69. The van der Waals surface area contributed by atoms with Crippen LogP contribution in [0.4, 0.5) is 0 Å². The zero-order chi connectivity index (χ0) is 15.7. The van der Waals surface area contributed by atoms with Crippen molar-refractivity contribution in [2.75, 3.05) is 20.6 Å². The Labute approximate surface area is 137 Å². The monoisotopic (exact) mass is 315 g/mol. The van der Waals surface area contributed by atoms with E-state index in [9.17, 15) is 0 Å². The summed E-state index contributed by atoms with van der Waals surface area (Å²) in [6.07, 6.45) is 3.17. The molecule has 0 saturated heterocycles. The van der Waals surface area contributed by atoms with Gasteiger partial charge in [-0.3, -0.25) is 4.90 Å². The van der Waals surface area contributed by atoms with Crippen LogP contribution >= 0.6 is 11.3 Å². The second-order valence-electron chi connectivity index (χ2n) is 6.85. The van der Waals surface area contributed by atoms with Crippen LogP contribution in [-0.2, 0) is 25.0 Å². The molecule has 1 aromatic carbocycles. The SMILES string of the molecule is CN(C)Cc1cnc(CN2CCc3ccccc3C2(C)C)s1. The standard InChI is InChI=1S/C18H25N3S/c1-18(2)16-8-6-5-7-14(16)9-10-21(18)13-17-19-11-15(22-17)12-20(3)4/h5-8,11H,9-10,12-13H2,1-4H3. The van der Waals surface area contributed by atoms with E-state index in [-0.39, 0.29) is 5.54 Å².